The average molecular weight is 396 g/mol. The largest absolute Gasteiger partial charge is 0.374 e. The minimum Gasteiger partial charge on any atom is -0.374 e. The molecule has 1 aliphatic carbocycles. The van der Waals surface area contributed by atoms with Crippen molar-refractivity contribution in [1.29, 1.82) is 0 Å². The van der Waals surface area contributed by atoms with E-state index in [1.807, 2.05) is 0 Å². The highest BCUT2D eigenvalue weighted by molar-refractivity contribution is 5.81. The maximum absolute atomic E-state index is 12.1. The van der Waals surface area contributed by atoms with Gasteiger partial charge in [0.2, 0.25) is 5.91 Å². The molecule has 7 heteroatoms. The summed E-state index contributed by atoms with van der Waals surface area (Å²) in [5.74, 6) is 1.56. The first-order valence-electron chi connectivity index (χ1n) is 11.2. The van der Waals surface area contributed by atoms with Crippen molar-refractivity contribution >= 4 is 11.9 Å². The van der Waals surface area contributed by atoms with Gasteiger partial charge in [-0.2, -0.15) is 0 Å². The van der Waals surface area contributed by atoms with Crippen LogP contribution in [0.25, 0.3) is 0 Å². The van der Waals surface area contributed by atoms with Crippen molar-refractivity contribution in [3.05, 3.63) is 0 Å². The average Bonchev–Trinajstić information content (AvgIpc) is 2.66. The fourth-order valence-electron chi connectivity index (χ4n) is 3.95. The molecule has 28 heavy (non-hydrogen) atoms. The van der Waals surface area contributed by atoms with Crippen LogP contribution in [0.5, 0.6) is 0 Å². The molecule has 1 saturated carbocycles. The number of aliphatic imine (C=N–C) groups is 1. The van der Waals surface area contributed by atoms with Gasteiger partial charge in [0.25, 0.3) is 0 Å². The summed E-state index contributed by atoms with van der Waals surface area (Å²) in [5.41, 5.74) is 0. The first kappa shape index (κ1) is 22.9. The number of carbonyl (C=O) groups excluding carboxylic acids is 1. The van der Waals surface area contributed by atoms with Crippen molar-refractivity contribution in [1.82, 2.24) is 20.9 Å². The Bertz CT molecular complexity index is 477. The van der Waals surface area contributed by atoms with Crippen LogP contribution in [0.1, 0.15) is 59.3 Å². The molecule has 0 radical (unpaired) electrons. The highest BCUT2D eigenvalue weighted by atomic mass is 16.5. The van der Waals surface area contributed by atoms with Crippen molar-refractivity contribution in [3.63, 3.8) is 0 Å². The van der Waals surface area contributed by atoms with Gasteiger partial charge in [-0.1, -0.05) is 33.1 Å². The molecular formula is C21H41N5O2. The number of ether oxygens (including phenoxy) is 1. The smallest absolute Gasteiger partial charge is 0.221 e. The number of rotatable bonds is 9. The molecule has 162 valence electrons. The Morgan fingerprint density at radius 2 is 2.00 bits per heavy atom. The standard InChI is InChI=1S/C21H41N5O2/c1-4-22-21(23-11-10-20(27)25-18-8-6-5-7-9-18)24-14-19-16-26(12-13-28-19)15-17(2)3/h17-19H,4-16H2,1-3H3,(H,25,27)(H2,22,23,24). The molecule has 1 saturated heterocycles. The third-order valence-electron chi connectivity index (χ3n) is 5.26. The van der Waals surface area contributed by atoms with Crippen molar-refractivity contribution in [2.45, 2.75) is 71.4 Å². The molecule has 1 heterocycles. The van der Waals surface area contributed by atoms with Gasteiger partial charge in [0, 0.05) is 45.2 Å². The Morgan fingerprint density at radius 3 is 2.71 bits per heavy atom. The van der Waals surface area contributed by atoms with Crippen LogP contribution in [0.3, 0.4) is 0 Å². The molecule has 2 rings (SSSR count). The first-order valence-corrected chi connectivity index (χ1v) is 11.2. The molecule has 0 aromatic rings. The lowest BCUT2D eigenvalue weighted by Gasteiger charge is -2.33. The molecular weight excluding hydrogens is 354 g/mol. The minimum absolute atomic E-state index is 0.134. The van der Waals surface area contributed by atoms with Crippen molar-refractivity contribution in [2.24, 2.45) is 10.9 Å². The maximum atomic E-state index is 12.1. The third kappa shape index (κ3) is 9.24. The summed E-state index contributed by atoms with van der Waals surface area (Å²) < 4.78 is 5.88. The summed E-state index contributed by atoms with van der Waals surface area (Å²) in [6.45, 7) is 12.4. The Labute approximate surface area is 171 Å². The van der Waals surface area contributed by atoms with E-state index in [4.69, 9.17) is 4.74 Å². The SMILES string of the molecule is CCNC(=NCC1CN(CC(C)C)CCO1)NCCC(=O)NC1CCCCC1. The van der Waals surface area contributed by atoms with Gasteiger partial charge in [-0.15, -0.1) is 0 Å². The van der Waals surface area contributed by atoms with E-state index < -0.39 is 0 Å². The fourth-order valence-corrected chi connectivity index (χ4v) is 3.95. The normalized spacial score (nSPS) is 22.3. The number of nitrogens with one attached hydrogen (secondary N) is 3. The molecule has 2 aliphatic rings. The monoisotopic (exact) mass is 395 g/mol. The number of carbonyl (C=O) groups is 1. The van der Waals surface area contributed by atoms with Crippen LogP contribution in [0.2, 0.25) is 0 Å². The zero-order chi connectivity index (χ0) is 20.2. The Hall–Kier alpha value is -1.34. The summed E-state index contributed by atoms with van der Waals surface area (Å²) in [4.78, 5) is 19.3. The van der Waals surface area contributed by atoms with Crippen LogP contribution in [0.4, 0.5) is 0 Å². The van der Waals surface area contributed by atoms with E-state index in [0.717, 1.165) is 51.6 Å². The van der Waals surface area contributed by atoms with Gasteiger partial charge in [-0.05, 0) is 25.7 Å². The Balaban J connectivity index is 1.70. The van der Waals surface area contributed by atoms with E-state index in [2.05, 4.69) is 46.6 Å². The van der Waals surface area contributed by atoms with Gasteiger partial charge >= 0.3 is 0 Å². The number of guanidine groups is 1. The van der Waals surface area contributed by atoms with E-state index in [1.165, 1.54) is 19.3 Å². The summed E-state index contributed by atoms with van der Waals surface area (Å²) >= 11 is 0. The number of amides is 1. The van der Waals surface area contributed by atoms with Crippen molar-refractivity contribution < 1.29 is 9.53 Å². The fraction of sp³-hybridized carbons (Fsp3) is 0.905. The zero-order valence-electron chi connectivity index (χ0n) is 18.1. The van der Waals surface area contributed by atoms with Gasteiger partial charge in [0.1, 0.15) is 0 Å². The van der Waals surface area contributed by atoms with Crippen molar-refractivity contribution in [3.8, 4) is 0 Å². The zero-order valence-corrected chi connectivity index (χ0v) is 18.1. The molecule has 7 nitrogen and oxygen atoms in total. The van der Waals surface area contributed by atoms with E-state index in [-0.39, 0.29) is 12.0 Å². The first-order chi connectivity index (χ1) is 13.6. The lowest BCUT2D eigenvalue weighted by Crippen LogP contribution is -2.46. The second-order valence-corrected chi connectivity index (χ2v) is 8.45. The Morgan fingerprint density at radius 1 is 1.21 bits per heavy atom. The minimum atomic E-state index is 0.134. The highest BCUT2D eigenvalue weighted by Gasteiger charge is 2.21. The number of hydrogen-bond donors (Lipinski definition) is 3. The maximum Gasteiger partial charge on any atom is 0.221 e. The van der Waals surface area contributed by atoms with E-state index in [1.54, 1.807) is 0 Å². The predicted molar refractivity (Wildman–Crippen MR) is 115 cm³/mol. The molecule has 2 fully saturated rings. The van der Waals surface area contributed by atoms with Gasteiger partial charge in [0.05, 0.1) is 19.3 Å². The predicted octanol–water partition coefficient (Wildman–Crippen LogP) is 1.74. The van der Waals surface area contributed by atoms with Gasteiger partial charge in [-0.3, -0.25) is 14.7 Å². The van der Waals surface area contributed by atoms with Crippen LogP contribution >= 0.6 is 0 Å². The lowest BCUT2D eigenvalue weighted by molar-refractivity contribution is -0.121. The van der Waals surface area contributed by atoms with E-state index in [0.29, 0.717) is 31.5 Å². The van der Waals surface area contributed by atoms with Crippen LogP contribution in [0.15, 0.2) is 4.99 Å². The molecule has 0 spiro atoms. The molecule has 0 aromatic carbocycles. The third-order valence-corrected chi connectivity index (χ3v) is 5.26. The molecule has 1 aliphatic heterocycles. The summed E-state index contributed by atoms with van der Waals surface area (Å²) in [6, 6.07) is 0.375. The van der Waals surface area contributed by atoms with Crippen LogP contribution in [-0.2, 0) is 9.53 Å². The van der Waals surface area contributed by atoms with E-state index >= 15 is 0 Å². The van der Waals surface area contributed by atoms with E-state index in [9.17, 15) is 4.79 Å². The summed E-state index contributed by atoms with van der Waals surface area (Å²) in [6.07, 6.45) is 6.63. The van der Waals surface area contributed by atoms with Crippen LogP contribution < -0.4 is 16.0 Å². The Kier molecular flexibility index (Phi) is 10.6. The molecule has 1 atom stereocenters. The molecule has 0 aromatic heterocycles. The number of hydrogen-bond acceptors (Lipinski definition) is 4. The van der Waals surface area contributed by atoms with Crippen LogP contribution in [0, 0.1) is 5.92 Å². The second kappa shape index (κ2) is 13.0. The highest BCUT2D eigenvalue weighted by Crippen LogP contribution is 2.17. The van der Waals surface area contributed by atoms with Gasteiger partial charge in [-0.25, -0.2) is 0 Å². The second-order valence-electron chi connectivity index (χ2n) is 8.45. The van der Waals surface area contributed by atoms with Crippen molar-refractivity contribution in [2.75, 3.05) is 45.9 Å². The summed E-state index contributed by atoms with van der Waals surface area (Å²) in [7, 11) is 0. The van der Waals surface area contributed by atoms with Crippen LogP contribution in [-0.4, -0.2) is 74.8 Å². The molecule has 3 N–H and O–H groups in total. The quantitative estimate of drug-likeness (QED) is 0.409. The molecule has 1 unspecified atom stereocenters. The molecule has 0 bridgehead atoms. The molecule has 1 amide bonds. The number of nitrogens with zero attached hydrogens (tertiary/aromatic N) is 2. The van der Waals surface area contributed by atoms with Gasteiger partial charge in [0.15, 0.2) is 5.96 Å². The summed E-state index contributed by atoms with van der Waals surface area (Å²) in [5, 5.41) is 9.70. The lowest BCUT2D eigenvalue weighted by atomic mass is 9.95. The number of morpholine rings is 1. The van der Waals surface area contributed by atoms with Gasteiger partial charge < -0.3 is 20.7 Å². The topological polar surface area (TPSA) is 78.0 Å².